The van der Waals surface area contributed by atoms with Gasteiger partial charge in [-0.2, -0.15) is 0 Å². The molecule has 1 aromatic heterocycles. The van der Waals surface area contributed by atoms with E-state index in [1.165, 1.54) is 0 Å². The van der Waals surface area contributed by atoms with E-state index in [1.807, 2.05) is 0 Å². The van der Waals surface area contributed by atoms with Gasteiger partial charge in [0.05, 0.1) is 5.56 Å². The first kappa shape index (κ1) is 15.6. The van der Waals surface area contributed by atoms with Gasteiger partial charge in [-0.05, 0) is 20.8 Å². The second-order valence-corrected chi connectivity index (χ2v) is 4.98. The first-order chi connectivity index (χ1) is 9.28. The number of rotatable bonds is 2. The Kier molecular flexibility index (Phi) is 5.15. The minimum Gasteiger partial charge on any atom is -0.444 e. The molecule has 0 aliphatic carbocycles. The second-order valence-electron chi connectivity index (χ2n) is 4.98. The lowest BCUT2D eigenvalue weighted by Gasteiger charge is -2.19. The monoisotopic (exact) mass is 279 g/mol. The van der Waals surface area contributed by atoms with Crippen molar-refractivity contribution in [3.8, 4) is 11.8 Å². The van der Waals surface area contributed by atoms with E-state index in [-0.39, 0.29) is 5.56 Å². The van der Waals surface area contributed by atoms with Gasteiger partial charge in [0.1, 0.15) is 5.60 Å². The summed E-state index contributed by atoms with van der Waals surface area (Å²) in [6, 6.07) is 1.12. The Hall–Kier alpha value is -2.49. The van der Waals surface area contributed by atoms with Crippen molar-refractivity contribution < 1.29 is 9.53 Å². The van der Waals surface area contributed by atoms with E-state index in [1.54, 1.807) is 20.8 Å². The molecule has 0 saturated heterocycles. The number of aromatic nitrogens is 2. The lowest BCUT2D eigenvalue weighted by molar-refractivity contribution is 0.0529. The third-order valence-corrected chi connectivity index (χ3v) is 1.96. The molecule has 0 saturated carbocycles. The third kappa shape index (κ3) is 5.91. The van der Waals surface area contributed by atoms with Crippen LogP contribution in [-0.4, -0.2) is 28.4 Å². The first-order valence-electron chi connectivity index (χ1n) is 6.06. The van der Waals surface area contributed by atoms with Crippen LogP contribution in [0.25, 0.3) is 0 Å². The summed E-state index contributed by atoms with van der Waals surface area (Å²) in [6.07, 6.45) is -0.181. The van der Waals surface area contributed by atoms with Crippen LogP contribution in [-0.2, 0) is 4.74 Å². The van der Waals surface area contributed by atoms with Crippen LogP contribution in [0.5, 0.6) is 0 Å². The zero-order valence-corrected chi connectivity index (χ0v) is 11.6. The van der Waals surface area contributed by atoms with Gasteiger partial charge in [-0.25, -0.2) is 4.79 Å². The highest BCUT2D eigenvalue weighted by molar-refractivity contribution is 5.67. The summed E-state index contributed by atoms with van der Waals surface area (Å²) in [5.74, 6) is 5.26. The van der Waals surface area contributed by atoms with Gasteiger partial charge in [0, 0.05) is 19.0 Å². The molecule has 0 aliphatic rings. The van der Waals surface area contributed by atoms with E-state index >= 15 is 0 Å². The highest BCUT2D eigenvalue weighted by atomic mass is 16.6. The van der Waals surface area contributed by atoms with Crippen LogP contribution in [0.1, 0.15) is 32.8 Å². The SMILES string of the molecule is CC(C)(C)OC(=O)NCCC#Cc1cc(=O)[nH][nH]c1=O. The topological polar surface area (TPSA) is 104 Å². The second kappa shape index (κ2) is 6.61. The van der Waals surface area contributed by atoms with E-state index in [0.29, 0.717) is 13.0 Å². The molecule has 0 aromatic carbocycles. The number of carbonyl (C=O) groups excluding carboxylic acids is 1. The van der Waals surface area contributed by atoms with Crippen molar-refractivity contribution in [2.24, 2.45) is 0 Å². The molecule has 1 aromatic rings. The lowest BCUT2D eigenvalue weighted by atomic mass is 10.2. The highest BCUT2D eigenvalue weighted by Gasteiger charge is 2.15. The fourth-order valence-electron chi connectivity index (χ4n) is 1.21. The zero-order chi connectivity index (χ0) is 15.2. The highest BCUT2D eigenvalue weighted by Crippen LogP contribution is 2.06. The molecular formula is C13H17N3O4. The maximum Gasteiger partial charge on any atom is 0.407 e. The standard InChI is InChI=1S/C13H17N3O4/c1-13(2,3)20-12(19)14-7-5-4-6-9-8-10(17)15-16-11(9)18/h8H,5,7H2,1-3H3,(H,14,19)(H,15,17)(H,16,18). The number of H-pyrrole nitrogens is 2. The molecule has 3 N–H and O–H groups in total. The van der Waals surface area contributed by atoms with Gasteiger partial charge in [0.15, 0.2) is 0 Å². The minimum atomic E-state index is -0.547. The largest absolute Gasteiger partial charge is 0.444 e. The number of ether oxygens (including phenoxy) is 1. The summed E-state index contributed by atoms with van der Waals surface area (Å²) in [5, 5.41) is 6.85. The van der Waals surface area contributed by atoms with Crippen molar-refractivity contribution in [3.05, 3.63) is 32.3 Å². The molecule has 108 valence electrons. The Balaban J connectivity index is 2.44. The summed E-state index contributed by atoms with van der Waals surface area (Å²) in [4.78, 5) is 33.6. The van der Waals surface area contributed by atoms with E-state index in [0.717, 1.165) is 6.07 Å². The van der Waals surface area contributed by atoms with Crippen LogP contribution < -0.4 is 16.4 Å². The molecule has 0 bridgehead atoms. The molecule has 7 heteroatoms. The molecule has 20 heavy (non-hydrogen) atoms. The summed E-state index contributed by atoms with van der Waals surface area (Å²) < 4.78 is 5.04. The maximum absolute atomic E-state index is 11.3. The molecule has 0 spiro atoms. The summed E-state index contributed by atoms with van der Waals surface area (Å²) in [7, 11) is 0. The lowest BCUT2D eigenvalue weighted by Crippen LogP contribution is -2.32. The Morgan fingerprint density at radius 2 is 2.05 bits per heavy atom. The predicted molar refractivity (Wildman–Crippen MR) is 73.4 cm³/mol. The van der Waals surface area contributed by atoms with E-state index in [4.69, 9.17) is 4.74 Å². The quantitative estimate of drug-likeness (QED) is 0.536. The van der Waals surface area contributed by atoms with Crippen LogP contribution >= 0.6 is 0 Å². The number of amides is 1. The average molecular weight is 279 g/mol. The normalized spacial score (nSPS) is 10.3. The van der Waals surface area contributed by atoms with Gasteiger partial charge in [-0.15, -0.1) is 0 Å². The molecule has 7 nitrogen and oxygen atoms in total. The summed E-state index contributed by atoms with van der Waals surface area (Å²) in [5.41, 5.74) is -1.35. The predicted octanol–water partition coefficient (Wildman–Crippen LogP) is 0.329. The van der Waals surface area contributed by atoms with Gasteiger partial charge < -0.3 is 10.1 Å². The molecule has 0 aliphatic heterocycles. The van der Waals surface area contributed by atoms with Gasteiger partial charge in [-0.3, -0.25) is 19.8 Å². The molecule has 0 unspecified atom stereocenters. The van der Waals surface area contributed by atoms with Crippen LogP contribution in [0.2, 0.25) is 0 Å². The van der Waals surface area contributed by atoms with E-state index < -0.39 is 22.8 Å². The number of carbonyl (C=O) groups is 1. The van der Waals surface area contributed by atoms with Crippen molar-refractivity contribution in [2.75, 3.05) is 6.54 Å². The number of hydrogen-bond acceptors (Lipinski definition) is 4. The zero-order valence-electron chi connectivity index (χ0n) is 11.6. The molecule has 0 atom stereocenters. The van der Waals surface area contributed by atoms with Crippen molar-refractivity contribution in [1.29, 1.82) is 0 Å². The number of hydrogen-bond donors (Lipinski definition) is 3. The number of aromatic amines is 2. The molecule has 1 heterocycles. The summed E-state index contributed by atoms with van der Waals surface area (Å²) in [6.45, 7) is 5.60. The van der Waals surface area contributed by atoms with E-state index in [9.17, 15) is 14.4 Å². The van der Waals surface area contributed by atoms with Gasteiger partial charge in [0.25, 0.3) is 11.1 Å². The molecule has 0 radical (unpaired) electrons. The smallest absolute Gasteiger partial charge is 0.407 e. The number of nitrogens with one attached hydrogen (secondary N) is 3. The third-order valence-electron chi connectivity index (χ3n) is 1.96. The van der Waals surface area contributed by atoms with Crippen LogP contribution in [0, 0.1) is 11.8 Å². The fourth-order valence-corrected chi connectivity index (χ4v) is 1.21. The summed E-state index contributed by atoms with van der Waals surface area (Å²) >= 11 is 0. The van der Waals surface area contributed by atoms with Crippen LogP contribution in [0.3, 0.4) is 0 Å². The minimum absolute atomic E-state index is 0.0889. The van der Waals surface area contributed by atoms with Gasteiger partial charge >= 0.3 is 6.09 Å². The Labute approximate surface area is 115 Å². The molecular weight excluding hydrogens is 262 g/mol. The van der Waals surface area contributed by atoms with Crippen molar-refractivity contribution in [1.82, 2.24) is 15.5 Å². The van der Waals surface area contributed by atoms with E-state index in [2.05, 4.69) is 27.4 Å². The molecule has 1 amide bonds. The Bertz CT molecular complexity index is 640. The Morgan fingerprint density at radius 1 is 1.35 bits per heavy atom. The fraction of sp³-hybridized carbons (Fsp3) is 0.462. The van der Waals surface area contributed by atoms with Crippen molar-refractivity contribution in [3.63, 3.8) is 0 Å². The average Bonchev–Trinajstić information content (AvgIpc) is 2.30. The van der Waals surface area contributed by atoms with Crippen LogP contribution in [0.4, 0.5) is 4.79 Å². The van der Waals surface area contributed by atoms with Crippen molar-refractivity contribution >= 4 is 6.09 Å². The number of alkyl carbamates (subject to hydrolysis) is 1. The van der Waals surface area contributed by atoms with Gasteiger partial charge in [-0.1, -0.05) is 11.8 Å². The first-order valence-corrected chi connectivity index (χ1v) is 6.06. The maximum atomic E-state index is 11.3. The van der Waals surface area contributed by atoms with Crippen molar-refractivity contribution in [2.45, 2.75) is 32.8 Å². The van der Waals surface area contributed by atoms with Crippen LogP contribution in [0.15, 0.2) is 15.7 Å². The molecule has 1 rings (SSSR count). The molecule has 0 fully saturated rings. The van der Waals surface area contributed by atoms with Gasteiger partial charge in [0.2, 0.25) is 0 Å². The Morgan fingerprint density at radius 3 is 2.70 bits per heavy atom.